The van der Waals surface area contributed by atoms with Crippen molar-refractivity contribution in [2.75, 3.05) is 7.11 Å². The van der Waals surface area contributed by atoms with E-state index in [1.165, 1.54) is 19.2 Å². The van der Waals surface area contributed by atoms with E-state index in [-0.39, 0.29) is 29.7 Å². The Balaban J connectivity index is 1.58. The van der Waals surface area contributed by atoms with Gasteiger partial charge < -0.3 is 13.7 Å². The van der Waals surface area contributed by atoms with Crippen LogP contribution in [0, 0.1) is 11.8 Å². The quantitative estimate of drug-likeness (QED) is 0.204. The summed E-state index contributed by atoms with van der Waals surface area (Å²) in [6.07, 6.45) is 2.96. The number of carbonyl (C=O) groups is 2. The van der Waals surface area contributed by atoms with Gasteiger partial charge in [-0.15, -0.1) is 0 Å². The van der Waals surface area contributed by atoms with Crippen molar-refractivity contribution in [2.45, 2.75) is 50.1 Å². The predicted molar refractivity (Wildman–Crippen MR) is 122 cm³/mol. The normalized spacial score (nSPS) is 19.4. The molecule has 1 unspecified atom stereocenters. The SMILES string of the molecule is COC(=O)[C@@H](C)[C@H](c1ccc2c(c1)OC(c1ccc(OS(=O)(=O)C(F)(F)F)c(C=O)c1)CC2)C1CC1. The Hall–Kier alpha value is -3.08. The van der Waals surface area contributed by atoms with E-state index in [1.807, 2.05) is 25.1 Å². The summed E-state index contributed by atoms with van der Waals surface area (Å²) in [5.74, 6) is -0.324. The van der Waals surface area contributed by atoms with Crippen LogP contribution >= 0.6 is 0 Å². The third kappa shape index (κ3) is 5.21. The summed E-state index contributed by atoms with van der Waals surface area (Å²) in [4.78, 5) is 23.7. The van der Waals surface area contributed by atoms with Crippen molar-refractivity contribution in [1.29, 1.82) is 0 Å². The first-order valence-electron chi connectivity index (χ1n) is 11.4. The lowest BCUT2D eigenvalue weighted by Crippen LogP contribution is -2.28. The predicted octanol–water partition coefficient (Wildman–Crippen LogP) is 5.10. The summed E-state index contributed by atoms with van der Waals surface area (Å²) < 4.78 is 76.0. The fourth-order valence-electron chi connectivity index (χ4n) is 4.69. The first-order valence-corrected chi connectivity index (χ1v) is 12.8. The highest BCUT2D eigenvalue weighted by Crippen LogP contribution is 2.48. The van der Waals surface area contributed by atoms with Crippen LogP contribution < -0.4 is 8.92 Å². The van der Waals surface area contributed by atoms with Gasteiger partial charge in [0.15, 0.2) is 12.0 Å². The van der Waals surface area contributed by atoms with Crippen LogP contribution in [0.25, 0.3) is 0 Å². The number of hydrogen-bond acceptors (Lipinski definition) is 7. The zero-order valence-corrected chi connectivity index (χ0v) is 20.4. The van der Waals surface area contributed by atoms with Crippen molar-refractivity contribution in [3.05, 3.63) is 58.7 Å². The summed E-state index contributed by atoms with van der Waals surface area (Å²) in [7, 11) is -4.55. The smallest absolute Gasteiger partial charge is 0.485 e. The Morgan fingerprint density at radius 1 is 1.14 bits per heavy atom. The number of aldehydes is 1. The molecule has 0 N–H and O–H groups in total. The third-order valence-corrected chi connectivity index (χ3v) is 7.64. The number of halogens is 3. The van der Waals surface area contributed by atoms with Crippen LogP contribution in [0.3, 0.4) is 0 Å². The highest BCUT2D eigenvalue weighted by molar-refractivity contribution is 7.88. The Morgan fingerprint density at radius 3 is 2.47 bits per heavy atom. The second kappa shape index (κ2) is 9.76. The van der Waals surface area contributed by atoms with Gasteiger partial charge >= 0.3 is 21.6 Å². The largest absolute Gasteiger partial charge is 0.534 e. The van der Waals surface area contributed by atoms with Gasteiger partial charge in [0.05, 0.1) is 18.6 Å². The standard InChI is InChI=1S/C25H25F3O7S/c1-14(24(30)33-2)23(16-4-5-16)18-6-3-15-7-9-20(34-22(15)12-18)17-8-10-21(19(11-17)13-29)35-36(31,32)25(26,27)28/h3,6,8,10-14,16,20,23H,4-5,7,9H2,1-2H3/t14-,20?,23-/m0/s1. The monoisotopic (exact) mass is 526 g/mol. The van der Waals surface area contributed by atoms with Crippen molar-refractivity contribution in [3.63, 3.8) is 0 Å². The maximum absolute atomic E-state index is 12.7. The number of hydrogen-bond donors (Lipinski definition) is 0. The summed E-state index contributed by atoms with van der Waals surface area (Å²) in [6.45, 7) is 1.85. The molecule has 1 aliphatic carbocycles. The van der Waals surface area contributed by atoms with Gasteiger partial charge in [0.25, 0.3) is 0 Å². The van der Waals surface area contributed by atoms with E-state index in [1.54, 1.807) is 0 Å². The Kier molecular flexibility index (Phi) is 7.05. The molecular formula is C25H25F3O7S. The number of alkyl halides is 3. The summed E-state index contributed by atoms with van der Waals surface area (Å²) in [6, 6.07) is 9.54. The van der Waals surface area contributed by atoms with E-state index in [0.29, 0.717) is 30.1 Å². The molecule has 0 spiro atoms. The van der Waals surface area contributed by atoms with E-state index in [0.717, 1.165) is 30.0 Å². The molecule has 1 saturated carbocycles. The second-order valence-electron chi connectivity index (χ2n) is 9.09. The Bertz CT molecular complexity index is 1270. The molecule has 0 radical (unpaired) electrons. The molecule has 2 aliphatic rings. The minimum Gasteiger partial charge on any atom is -0.485 e. The number of benzene rings is 2. The highest BCUT2D eigenvalue weighted by atomic mass is 32.2. The van der Waals surface area contributed by atoms with Crippen LogP contribution in [0.1, 0.15) is 65.3 Å². The fraction of sp³-hybridized carbons (Fsp3) is 0.440. The number of ether oxygens (including phenoxy) is 2. The molecule has 0 bridgehead atoms. The fourth-order valence-corrected chi connectivity index (χ4v) is 5.17. The lowest BCUT2D eigenvalue weighted by molar-refractivity contribution is -0.145. The molecule has 2 aromatic rings. The third-order valence-electron chi connectivity index (χ3n) is 6.68. The number of fused-ring (bicyclic) bond motifs is 1. The zero-order valence-electron chi connectivity index (χ0n) is 19.6. The molecule has 4 rings (SSSR count). The maximum Gasteiger partial charge on any atom is 0.534 e. The molecule has 36 heavy (non-hydrogen) atoms. The van der Waals surface area contributed by atoms with Gasteiger partial charge in [0.1, 0.15) is 11.9 Å². The molecule has 1 heterocycles. The minimum atomic E-state index is -5.91. The van der Waals surface area contributed by atoms with Crippen molar-refractivity contribution < 1.29 is 44.8 Å². The second-order valence-corrected chi connectivity index (χ2v) is 10.6. The van der Waals surface area contributed by atoms with Crippen LogP contribution in [-0.4, -0.2) is 33.3 Å². The molecule has 1 aliphatic heterocycles. The van der Waals surface area contributed by atoms with Crippen LogP contribution in [0.15, 0.2) is 36.4 Å². The number of aryl methyl sites for hydroxylation is 1. The first-order chi connectivity index (χ1) is 16.9. The molecule has 0 saturated heterocycles. The summed E-state index contributed by atoms with van der Waals surface area (Å²) in [5, 5.41) is 0. The van der Waals surface area contributed by atoms with Crippen molar-refractivity contribution in [3.8, 4) is 11.5 Å². The molecule has 7 nitrogen and oxygen atoms in total. The summed E-state index contributed by atoms with van der Waals surface area (Å²) >= 11 is 0. The van der Waals surface area contributed by atoms with Crippen molar-refractivity contribution in [2.24, 2.45) is 11.8 Å². The topological polar surface area (TPSA) is 96.0 Å². The zero-order chi connectivity index (χ0) is 26.3. The van der Waals surface area contributed by atoms with Gasteiger partial charge in [-0.1, -0.05) is 25.1 Å². The van der Waals surface area contributed by atoms with E-state index in [2.05, 4.69) is 4.18 Å². The number of esters is 1. The molecule has 194 valence electrons. The number of methoxy groups -OCH3 is 1. The van der Waals surface area contributed by atoms with Gasteiger partial charge in [-0.05, 0) is 72.4 Å². The van der Waals surface area contributed by atoms with E-state index < -0.39 is 27.5 Å². The van der Waals surface area contributed by atoms with Crippen LogP contribution in [0.2, 0.25) is 0 Å². The molecule has 3 atom stereocenters. The molecule has 11 heteroatoms. The molecule has 0 aromatic heterocycles. The van der Waals surface area contributed by atoms with Gasteiger partial charge in [0, 0.05) is 0 Å². The Labute approximate surface area is 206 Å². The van der Waals surface area contributed by atoms with E-state index in [4.69, 9.17) is 9.47 Å². The van der Waals surface area contributed by atoms with Crippen molar-refractivity contribution in [1.82, 2.24) is 0 Å². The summed E-state index contributed by atoms with van der Waals surface area (Å²) in [5.41, 5.74) is -3.54. The van der Waals surface area contributed by atoms with Gasteiger partial charge in [-0.25, -0.2) is 0 Å². The van der Waals surface area contributed by atoms with Crippen LogP contribution in [0.4, 0.5) is 13.2 Å². The average Bonchev–Trinajstić information content (AvgIpc) is 3.67. The van der Waals surface area contributed by atoms with Crippen LogP contribution in [-0.2, 0) is 26.1 Å². The van der Waals surface area contributed by atoms with Crippen molar-refractivity contribution >= 4 is 22.4 Å². The average molecular weight is 527 g/mol. The molecule has 2 aromatic carbocycles. The van der Waals surface area contributed by atoms with Gasteiger partial charge in [0.2, 0.25) is 0 Å². The molecule has 1 fully saturated rings. The minimum absolute atomic E-state index is 0.0135. The van der Waals surface area contributed by atoms with E-state index >= 15 is 0 Å². The highest BCUT2D eigenvalue weighted by Gasteiger charge is 2.49. The maximum atomic E-state index is 12.7. The molecular weight excluding hydrogens is 501 g/mol. The van der Waals surface area contributed by atoms with Gasteiger partial charge in [-0.2, -0.15) is 21.6 Å². The lowest BCUT2D eigenvalue weighted by Gasteiger charge is -2.29. The lowest BCUT2D eigenvalue weighted by atomic mass is 9.82. The first kappa shape index (κ1) is 26.0. The number of rotatable bonds is 8. The molecule has 0 amide bonds. The van der Waals surface area contributed by atoms with Gasteiger partial charge in [-0.3, -0.25) is 9.59 Å². The van der Waals surface area contributed by atoms with E-state index in [9.17, 15) is 31.2 Å². The van der Waals surface area contributed by atoms with Crippen LogP contribution in [0.5, 0.6) is 11.5 Å². The number of carbonyl (C=O) groups excluding carboxylic acids is 2. The Morgan fingerprint density at radius 2 is 1.86 bits per heavy atom.